The standard InChI is InChI=1S/C16H18F2N2O/c1-9(2)21-12-5-11(7-20-8-12)16(19)13-4-10(3)14(17)6-15(13)18/h4-9,16H,19H2,1-3H3. The molecule has 1 atom stereocenters. The molecule has 2 rings (SSSR count). The summed E-state index contributed by atoms with van der Waals surface area (Å²) in [7, 11) is 0. The second-order valence-corrected chi connectivity index (χ2v) is 5.22. The van der Waals surface area contributed by atoms with E-state index < -0.39 is 17.7 Å². The van der Waals surface area contributed by atoms with E-state index in [0.29, 0.717) is 16.9 Å². The zero-order valence-electron chi connectivity index (χ0n) is 12.2. The fourth-order valence-electron chi connectivity index (χ4n) is 2.04. The zero-order chi connectivity index (χ0) is 15.6. The molecule has 1 heterocycles. The average Bonchev–Trinajstić information content (AvgIpc) is 2.41. The molecule has 0 aliphatic carbocycles. The molecule has 0 saturated heterocycles. The van der Waals surface area contributed by atoms with Crippen molar-refractivity contribution >= 4 is 0 Å². The van der Waals surface area contributed by atoms with Crippen LogP contribution in [0.5, 0.6) is 5.75 Å². The van der Waals surface area contributed by atoms with E-state index in [0.717, 1.165) is 6.07 Å². The van der Waals surface area contributed by atoms with Crippen molar-refractivity contribution in [2.24, 2.45) is 5.73 Å². The van der Waals surface area contributed by atoms with Gasteiger partial charge in [-0.3, -0.25) is 4.98 Å². The minimum Gasteiger partial charge on any atom is -0.489 e. The van der Waals surface area contributed by atoms with Crippen molar-refractivity contribution < 1.29 is 13.5 Å². The molecule has 5 heteroatoms. The molecule has 1 unspecified atom stereocenters. The van der Waals surface area contributed by atoms with E-state index in [1.54, 1.807) is 25.4 Å². The lowest BCUT2D eigenvalue weighted by molar-refractivity contribution is 0.241. The summed E-state index contributed by atoms with van der Waals surface area (Å²) in [4.78, 5) is 4.05. The van der Waals surface area contributed by atoms with Gasteiger partial charge in [-0.2, -0.15) is 0 Å². The van der Waals surface area contributed by atoms with Crippen LogP contribution in [0.25, 0.3) is 0 Å². The SMILES string of the molecule is Cc1cc(C(N)c2cncc(OC(C)C)c2)c(F)cc1F. The summed E-state index contributed by atoms with van der Waals surface area (Å²) in [6, 6.07) is 3.26. The van der Waals surface area contributed by atoms with Gasteiger partial charge in [0.1, 0.15) is 17.4 Å². The van der Waals surface area contributed by atoms with Crippen molar-refractivity contribution in [1.29, 1.82) is 0 Å². The molecule has 1 aromatic heterocycles. The summed E-state index contributed by atoms with van der Waals surface area (Å²) in [6.07, 6.45) is 3.13. The quantitative estimate of drug-likeness (QED) is 0.938. The highest BCUT2D eigenvalue weighted by molar-refractivity contribution is 5.36. The van der Waals surface area contributed by atoms with Gasteiger partial charge in [-0.05, 0) is 44.0 Å². The van der Waals surface area contributed by atoms with Crippen molar-refractivity contribution in [3.8, 4) is 5.75 Å². The Balaban J connectivity index is 2.36. The molecule has 1 aromatic carbocycles. The molecule has 0 fully saturated rings. The number of pyridine rings is 1. The van der Waals surface area contributed by atoms with E-state index in [4.69, 9.17) is 10.5 Å². The Morgan fingerprint density at radius 1 is 1.10 bits per heavy atom. The van der Waals surface area contributed by atoms with Gasteiger partial charge in [-0.1, -0.05) is 0 Å². The van der Waals surface area contributed by atoms with Crippen LogP contribution in [0.1, 0.15) is 36.6 Å². The van der Waals surface area contributed by atoms with Gasteiger partial charge >= 0.3 is 0 Å². The second kappa shape index (κ2) is 6.18. The first-order chi connectivity index (χ1) is 9.88. The van der Waals surface area contributed by atoms with Crippen LogP contribution in [-0.2, 0) is 0 Å². The van der Waals surface area contributed by atoms with E-state index in [9.17, 15) is 8.78 Å². The summed E-state index contributed by atoms with van der Waals surface area (Å²) >= 11 is 0. The average molecular weight is 292 g/mol. The minimum atomic E-state index is -0.729. The Bertz CT molecular complexity index is 644. The molecule has 112 valence electrons. The molecule has 2 aromatic rings. The van der Waals surface area contributed by atoms with Crippen LogP contribution in [-0.4, -0.2) is 11.1 Å². The van der Waals surface area contributed by atoms with Crippen LogP contribution < -0.4 is 10.5 Å². The number of hydrogen-bond acceptors (Lipinski definition) is 3. The molecule has 0 aliphatic heterocycles. The lowest BCUT2D eigenvalue weighted by Gasteiger charge is -2.16. The third-order valence-electron chi connectivity index (χ3n) is 3.08. The van der Waals surface area contributed by atoms with Crippen molar-refractivity contribution in [2.45, 2.75) is 32.9 Å². The van der Waals surface area contributed by atoms with E-state index in [1.807, 2.05) is 13.8 Å². The fraction of sp³-hybridized carbons (Fsp3) is 0.312. The highest BCUT2D eigenvalue weighted by atomic mass is 19.1. The van der Waals surface area contributed by atoms with Crippen molar-refractivity contribution in [2.75, 3.05) is 0 Å². The Labute approximate surface area is 122 Å². The third-order valence-corrected chi connectivity index (χ3v) is 3.08. The van der Waals surface area contributed by atoms with E-state index in [1.165, 1.54) is 6.07 Å². The van der Waals surface area contributed by atoms with E-state index in [2.05, 4.69) is 4.98 Å². The number of nitrogens with two attached hydrogens (primary N) is 1. The maximum absolute atomic E-state index is 13.9. The Hall–Kier alpha value is -2.01. The number of aryl methyl sites for hydroxylation is 1. The van der Waals surface area contributed by atoms with Crippen molar-refractivity contribution in [1.82, 2.24) is 4.98 Å². The number of halogens is 2. The minimum absolute atomic E-state index is 0.00285. The topological polar surface area (TPSA) is 48.1 Å². The predicted octanol–water partition coefficient (Wildman–Crippen LogP) is 3.50. The number of aromatic nitrogens is 1. The zero-order valence-corrected chi connectivity index (χ0v) is 12.2. The summed E-state index contributed by atoms with van der Waals surface area (Å²) < 4.78 is 32.8. The number of rotatable bonds is 4. The third kappa shape index (κ3) is 3.55. The van der Waals surface area contributed by atoms with Crippen LogP contribution in [0.2, 0.25) is 0 Å². The molecule has 0 radical (unpaired) electrons. The van der Waals surface area contributed by atoms with E-state index in [-0.39, 0.29) is 11.7 Å². The maximum atomic E-state index is 13.9. The largest absolute Gasteiger partial charge is 0.489 e. The van der Waals surface area contributed by atoms with Crippen molar-refractivity contribution in [3.63, 3.8) is 0 Å². The second-order valence-electron chi connectivity index (χ2n) is 5.22. The molecule has 0 saturated carbocycles. The van der Waals surface area contributed by atoms with Gasteiger partial charge in [-0.15, -0.1) is 0 Å². The lowest BCUT2D eigenvalue weighted by Crippen LogP contribution is -2.15. The number of benzene rings is 1. The van der Waals surface area contributed by atoms with Crippen LogP contribution in [0.15, 0.2) is 30.6 Å². The Kier molecular flexibility index (Phi) is 4.53. The van der Waals surface area contributed by atoms with Gasteiger partial charge in [0.15, 0.2) is 0 Å². The number of nitrogens with zero attached hydrogens (tertiary/aromatic N) is 1. The van der Waals surface area contributed by atoms with Gasteiger partial charge in [0, 0.05) is 17.8 Å². The molecule has 21 heavy (non-hydrogen) atoms. The fourth-order valence-corrected chi connectivity index (χ4v) is 2.04. The molecule has 0 bridgehead atoms. The highest BCUT2D eigenvalue weighted by Crippen LogP contribution is 2.26. The molecule has 0 spiro atoms. The van der Waals surface area contributed by atoms with Crippen LogP contribution in [0.3, 0.4) is 0 Å². The highest BCUT2D eigenvalue weighted by Gasteiger charge is 2.17. The number of ether oxygens (including phenoxy) is 1. The monoisotopic (exact) mass is 292 g/mol. The molecular formula is C16H18F2N2O. The first-order valence-corrected chi connectivity index (χ1v) is 6.71. The number of hydrogen-bond donors (Lipinski definition) is 1. The van der Waals surface area contributed by atoms with Gasteiger partial charge in [0.25, 0.3) is 0 Å². The summed E-state index contributed by atoms with van der Waals surface area (Å²) in [5, 5.41) is 0. The molecule has 3 nitrogen and oxygen atoms in total. The molecule has 2 N–H and O–H groups in total. The Morgan fingerprint density at radius 2 is 1.81 bits per heavy atom. The molecule has 0 aliphatic rings. The van der Waals surface area contributed by atoms with Gasteiger partial charge < -0.3 is 10.5 Å². The summed E-state index contributed by atoms with van der Waals surface area (Å²) in [5.41, 5.74) is 7.27. The maximum Gasteiger partial charge on any atom is 0.138 e. The first-order valence-electron chi connectivity index (χ1n) is 6.71. The Morgan fingerprint density at radius 3 is 2.48 bits per heavy atom. The van der Waals surface area contributed by atoms with E-state index >= 15 is 0 Å². The van der Waals surface area contributed by atoms with Gasteiger partial charge in [0.05, 0.1) is 18.3 Å². The molecule has 0 amide bonds. The lowest BCUT2D eigenvalue weighted by atomic mass is 9.98. The van der Waals surface area contributed by atoms with Crippen molar-refractivity contribution in [3.05, 3.63) is 58.9 Å². The van der Waals surface area contributed by atoms with Crippen LogP contribution in [0, 0.1) is 18.6 Å². The van der Waals surface area contributed by atoms with Crippen LogP contribution in [0.4, 0.5) is 8.78 Å². The summed E-state index contributed by atoms with van der Waals surface area (Å²) in [6.45, 7) is 5.37. The normalized spacial score (nSPS) is 12.5. The predicted molar refractivity (Wildman–Crippen MR) is 77.1 cm³/mol. The van der Waals surface area contributed by atoms with Gasteiger partial charge in [-0.25, -0.2) is 8.78 Å². The van der Waals surface area contributed by atoms with Gasteiger partial charge in [0.2, 0.25) is 0 Å². The molecular weight excluding hydrogens is 274 g/mol. The first kappa shape index (κ1) is 15.4. The summed E-state index contributed by atoms with van der Waals surface area (Å²) in [5.74, 6) is -0.684. The smallest absolute Gasteiger partial charge is 0.138 e. The van der Waals surface area contributed by atoms with Crippen LogP contribution >= 0.6 is 0 Å².